The molecule has 0 unspecified atom stereocenters. The molecule has 0 aliphatic carbocycles. The highest BCUT2D eigenvalue weighted by atomic mass is 16.6. The van der Waals surface area contributed by atoms with Gasteiger partial charge in [0.15, 0.2) is 0 Å². The molecule has 1 N–H and O–H groups in total. The predicted molar refractivity (Wildman–Crippen MR) is 91.5 cm³/mol. The summed E-state index contributed by atoms with van der Waals surface area (Å²) in [5.41, 5.74) is 0. The van der Waals surface area contributed by atoms with Crippen LogP contribution in [0.1, 0.15) is 26.7 Å². The van der Waals surface area contributed by atoms with E-state index in [0.29, 0.717) is 78.8 Å². The first-order valence-electron chi connectivity index (χ1n) is 8.96. The van der Waals surface area contributed by atoms with E-state index in [9.17, 15) is 0 Å². The Kier molecular flexibility index (Phi) is 20.5. The van der Waals surface area contributed by atoms with Crippen molar-refractivity contribution in [2.45, 2.75) is 32.8 Å². The topological polar surface area (TPSA) is 75.6 Å². The summed E-state index contributed by atoms with van der Waals surface area (Å²) in [5, 5.41) is 8.51. The number of aliphatic hydroxyl groups excluding tert-OH is 1. The van der Waals surface area contributed by atoms with E-state index < -0.39 is 0 Å². The van der Waals surface area contributed by atoms with Gasteiger partial charge in [-0.15, -0.1) is 0 Å². The summed E-state index contributed by atoms with van der Waals surface area (Å²) in [5.74, 6) is 0. The van der Waals surface area contributed by atoms with Crippen LogP contribution in [0.25, 0.3) is 0 Å². The molecule has 0 fully saturated rings. The molecule has 0 aromatic rings. The van der Waals surface area contributed by atoms with Gasteiger partial charge in [0, 0.05) is 0 Å². The first-order chi connectivity index (χ1) is 11.8. The predicted octanol–water partition coefficient (Wildman–Crippen LogP) is 1.27. The van der Waals surface area contributed by atoms with Crippen molar-refractivity contribution >= 4 is 0 Å². The average molecular weight is 352 g/mol. The zero-order valence-corrected chi connectivity index (χ0v) is 15.4. The molecular formula is C17H36O7. The molecule has 0 bridgehead atoms. The number of ether oxygens (including phenoxy) is 6. The maximum Gasteiger partial charge on any atom is 0.0704 e. The molecular weight excluding hydrogens is 316 g/mol. The fourth-order valence-electron chi connectivity index (χ4n) is 1.84. The third-order valence-electron chi connectivity index (χ3n) is 3.22. The fourth-order valence-corrected chi connectivity index (χ4v) is 1.84. The van der Waals surface area contributed by atoms with Crippen LogP contribution >= 0.6 is 0 Å². The zero-order chi connectivity index (χ0) is 17.7. The van der Waals surface area contributed by atoms with Crippen LogP contribution in [0.2, 0.25) is 0 Å². The molecule has 0 spiro atoms. The molecule has 0 atom stereocenters. The van der Waals surface area contributed by atoms with Crippen LogP contribution in [-0.2, 0) is 28.4 Å². The lowest BCUT2D eigenvalue weighted by atomic mass is 10.2. The molecule has 0 aliphatic heterocycles. The van der Waals surface area contributed by atoms with Gasteiger partial charge in [0.2, 0.25) is 0 Å². The lowest BCUT2D eigenvalue weighted by Gasteiger charge is -2.13. The molecule has 0 saturated heterocycles. The van der Waals surface area contributed by atoms with E-state index in [1.54, 1.807) is 0 Å². The Morgan fingerprint density at radius 3 is 1.21 bits per heavy atom. The van der Waals surface area contributed by atoms with E-state index in [0.717, 1.165) is 12.8 Å². The van der Waals surface area contributed by atoms with Gasteiger partial charge in [-0.25, -0.2) is 0 Å². The first kappa shape index (κ1) is 23.7. The molecule has 0 saturated carbocycles. The normalized spacial score (nSPS) is 11.5. The lowest BCUT2D eigenvalue weighted by Crippen LogP contribution is -2.16. The van der Waals surface area contributed by atoms with Crippen LogP contribution in [0.4, 0.5) is 0 Å². The monoisotopic (exact) mass is 352 g/mol. The van der Waals surface area contributed by atoms with Gasteiger partial charge in [-0.05, 0) is 12.8 Å². The van der Waals surface area contributed by atoms with E-state index in [1.165, 1.54) is 0 Å². The Hall–Kier alpha value is -0.280. The second kappa shape index (κ2) is 20.8. The molecule has 7 heteroatoms. The van der Waals surface area contributed by atoms with Crippen LogP contribution in [0.15, 0.2) is 0 Å². The van der Waals surface area contributed by atoms with Gasteiger partial charge in [-0.2, -0.15) is 0 Å². The molecule has 24 heavy (non-hydrogen) atoms. The number of hydrogen-bond donors (Lipinski definition) is 1. The van der Waals surface area contributed by atoms with Gasteiger partial charge in [0.1, 0.15) is 0 Å². The Morgan fingerprint density at radius 1 is 0.542 bits per heavy atom. The summed E-state index contributed by atoms with van der Waals surface area (Å²) in [6.45, 7) is 10.2. The fraction of sp³-hybridized carbons (Fsp3) is 1.00. The summed E-state index contributed by atoms with van der Waals surface area (Å²) in [7, 11) is 0. The van der Waals surface area contributed by atoms with E-state index in [-0.39, 0.29) is 6.61 Å². The largest absolute Gasteiger partial charge is 0.394 e. The van der Waals surface area contributed by atoms with Gasteiger partial charge >= 0.3 is 0 Å². The minimum absolute atomic E-state index is 0.0418. The summed E-state index contributed by atoms with van der Waals surface area (Å²) in [6, 6.07) is 0. The smallest absolute Gasteiger partial charge is 0.0704 e. The lowest BCUT2D eigenvalue weighted by molar-refractivity contribution is -0.0267. The maximum atomic E-state index is 8.51. The van der Waals surface area contributed by atoms with Crippen molar-refractivity contribution in [2.75, 3.05) is 79.3 Å². The zero-order valence-electron chi connectivity index (χ0n) is 15.4. The highest BCUT2D eigenvalue weighted by Crippen LogP contribution is 2.01. The van der Waals surface area contributed by atoms with E-state index in [2.05, 4.69) is 13.8 Å². The van der Waals surface area contributed by atoms with Gasteiger partial charge < -0.3 is 33.5 Å². The minimum atomic E-state index is 0.0418. The average Bonchev–Trinajstić information content (AvgIpc) is 2.61. The third kappa shape index (κ3) is 18.1. The van der Waals surface area contributed by atoms with Crippen LogP contribution in [0.5, 0.6) is 0 Å². The van der Waals surface area contributed by atoms with Crippen LogP contribution in [0.3, 0.4) is 0 Å². The number of aliphatic hydroxyl groups is 1. The quantitative estimate of drug-likeness (QED) is 0.331. The Morgan fingerprint density at radius 2 is 0.875 bits per heavy atom. The van der Waals surface area contributed by atoms with Crippen molar-refractivity contribution in [3.8, 4) is 0 Å². The SMILES string of the molecule is CCC(CC)OCCOCCOCCOCCOCCOCCO. The molecule has 7 nitrogen and oxygen atoms in total. The van der Waals surface area contributed by atoms with Crippen molar-refractivity contribution in [2.24, 2.45) is 0 Å². The Labute approximate surface area is 146 Å². The standard InChI is InChI=1S/C17H36O7/c1-3-17(4-2)24-16-15-23-14-13-22-12-11-21-10-9-20-8-7-19-6-5-18/h17-18H,3-16H2,1-2H3. The van der Waals surface area contributed by atoms with E-state index in [1.807, 2.05) is 0 Å². The van der Waals surface area contributed by atoms with Crippen molar-refractivity contribution < 1.29 is 33.5 Å². The van der Waals surface area contributed by atoms with Gasteiger partial charge in [-0.3, -0.25) is 0 Å². The van der Waals surface area contributed by atoms with Crippen LogP contribution in [-0.4, -0.2) is 90.5 Å². The molecule has 0 amide bonds. The van der Waals surface area contributed by atoms with Gasteiger partial charge in [-0.1, -0.05) is 13.8 Å². The highest BCUT2D eigenvalue weighted by Gasteiger charge is 2.02. The molecule has 0 radical (unpaired) electrons. The first-order valence-corrected chi connectivity index (χ1v) is 8.96. The Bertz CT molecular complexity index is 225. The molecule has 0 rings (SSSR count). The summed E-state index contributed by atoms with van der Waals surface area (Å²) >= 11 is 0. The van der Waals surface area contributed by atoms with Gasteiger partial charge in [0.05, 0.1) is 85.4 Å². The summed E-state index contributed by atoms with van der Waals surface area (Å²) < 4.78 is 32.2. The minimum Gasteiger partial charge on any atom is -0.394 e. The van der Waals surface area contributed by atoms with E-state index >= 15 is 0 Å². The molecule has 0 heterocycles. The van der Waals surface area contributed by atoms with Crippen molar-refractivity contribution in [1.82, 2.24) is 0 Å². The maximum absolute atomic E-state index is 8.51. The third-order valence-corrected chi connectivity index (χ3v) is 3.22. The van der Waals surface area contributed by atoms with Crippen molar-refractivity contribution in [3.05, 3.63) is 0 Å². The van der Waals surface area contributed by atoms with Gasteiger partial charge in [0.25, 0.3) is 0 Å². The second-order valence-corrected chi connectivity index (χ2v) is 5.09. The molecule has 0 aromatic heterocycles. The Balaban J connectivity index is 3.03. The van der Waals surface area contributed by atoms with Crippen molar-refractivity contribution in [1.29, 1.82) is 0 Å². The number of hydrogen-bond acceptors (Lipinski definition) is 7. The molecule has 146 valence electrons. The molecule has 0 aliphatic rings. The van der Waals surface area contributed by atoms with Crippen LogP contribution in [0, 0.1) is 0 Å². The molecule has 0 aromatic carbocycles. The summed E-state index contributed by atoms with van der Waals surface area (Å²) in [6.07, 6.45) is 2.43. The second-order valence-electron chi connectivity index (χ2n) is 5.09. The summed E-state index contributed by atoms with van der Waals surface area (Å²) in [4.78, 5) is 0. The highest BCUT2D eigenvalue weighted by molar-refractivity contribution is 4.50. The van der Waals surface area contributed by atoms with Crippen LogP contribution < -0.4 is 0 Å². The van der Waals surface area contributed by atoms with Crippen molar-refractivity contribution in [3.63, 3.8) is 0 Å². The van der Waals surface area contributed by atoms with E-state index in [4.69, 9.17) is 33.5 Å². The number of rotatable bonds is 20.